The van der Waals surface area contributed by atoms with Crippen molar-refractivity contribution in [3.8, 4) is 5.75 Å². The standard InChI is InChI=1S/C9H12N4O/c1-3-14-8-4-9-11-6(2)12-13(9)5-7(8)10/h4-5H,3,10H2,1-2H3. The van der Waals surface area contributed by atoms with Gasteiger partial charge in [-0.15, -0.1) is 0 Å². The average molecular weight is 192 g/mol. The van der Waals surface area contributed by atoms with Gasteiger partial charge in [-0.3, -0.25) is 0 Å². The van der Waals surface area contributed by atoms with Crippen LogP contribution in [0.15, 0.2) is 12.3 Å². The normalized spacial score (nSPS) is 10.7. The van der Waals surface area contributed by atoms with E-state index in [0.717, 1.165) is 11.5 Å². The van der Waals surface area contributed by atoms with Crippen molar-refractivity contribution in [2.75, 3.05) is 12.3 Å². The summed E-state index contributed by atoms with van der Waals surface area (Å²) in [5.41, 5.74) is 7.09. The van der Waals surface area contributed by atoms with Crippen molar-refractivity contribution >= 4 is 11.3 Å². The van der Waals surface area contributed by atoms with Crippen LogP contribution in [0.3, 0.4) is 0 Å². The fourth-order valence-electron chi connectivity index (χ4n) is 1.32. The van der Waals surface area contributed by atoms with E-state index in [1.165, 1.54) is 0 Å². The Bertz CT molecular complexity index is 463. The average Bonchev–Trinajstić information content (AvgIpc) is 2.45. The second-order valence-corrected chi connectivity index (χ2v) is 2.99. The number of aromatic nitrogens is 3. The zero-order chi connectivity index (χ0) is 10.1. The molecule has 0 bridgehead atoms. The van der Waals surface area contributed by atoms with Gasteiger partial charge in [0.1, 0.15) is 11.6 Å². The quantitative estimate of drug-likeness (QED) is 0.771. The zero-order valence-corrected chi connectivity index (χ0v) is 8.19. The molecule has 0 atom stereocenters. The number of hydrogen-bond donors (Lipinski definition) is 1. The van der Waals surface area contributed by atoms with E-state index >= 15 is 0 Å². The molecule has 0 aliphatic rings. The number of nitrogen functional groups attached to an aromatic ring is 1. The van der Waals surface area contributed by atoms with Crippen LogP contribution in [0.2, 0.25) is 0 Å². The van der Waals surface area contributed by atoms with Crippen molar-refractivity contribution in [2.24, 2.45) is 0 Å². The minimum atomic E-state index is 0.573. The highest BCUT2D eigenvalue weighted by Crippen LogP contribution is 2.22. The molecule has 0 saturated carbocycles. The van der Waals surface area contributed by atoms with Crippen molar-refractivity contribution < 1.29 is 4.74 Å². The summed E-state index contributed by atoms with van der Waals surface area (Å²) in [6.45, 7) is 4.34. The predicted octanol–water partition coefficient (Wildman–Crippen LogP) is 1.02. The molecule has 0 aliphatic heterocycles. The Hall–Kier alpha value is -1.78. The lowest BCUT2D eigenvalue weighted by Crippen LogP contribution is -1.99. The summed E-state index contributed by atoms with van der Waals surface area (Å²) in [6, 6.07) is 1.79. The van der Waals surface area contributed by atoms with Crippen LogP contribution >= 0.6 is 0 Å². The molecule has 2 heterocycles. The summed E-state index contributed by atoms with van der Waals surface area (Å²) < 4.78 is 6.99. The number of fused-ring (bicyclic) bond motifs is 1. The van der Waals surface area contributed by atoms with Gasteiger partial charge in [-0.1, -0.05) is 0 Å². The van der Waals surface area contributed by atoms with E-state index in [2.05, 4.69) is 10.1 Å². The summed E-state index contributed by atoms with van der Waals surface area (Å²) in [7, 11) is 0. The molecule has 0 aliphatic carbocycles. The van der Waals surface area contributed by atoms with E-state index in [1.54, 1.807) is 16.8 Å². The number of hydrogen-bond acceptors (Lipinski definition) is 4. The molecular weight excluding hydrogens is 180 g/mol. The fraction of sp³-hybridized carbons (Fsp3) is 0.333. The molecular formula is C9H12N4O. The minimum absolute atomic E-state index is 0.573. The van der Waals surface area contributed by atoms with Gasteiger partial charge in [-0.2, -0.15) is 5.10 Å². The van der Waals surface area contributed by atoms with Gasteiger partial charge in [-0.25, -0.2) is 9.50 Å². The van der Waals surface area contributed by atoms with E-state index in [1.807, 2.05) is 13.8 Å². The first kappa shape index (κ1) is 8.80. The first-order valence-corrected chi connectivity index (χ1v) is 4.46. The number of ether oxygens (including phenoxy) is 1. The largest absolute Gasteiger partial charge is 0.492 e. The van der Waals surface area contributed by atoms with Crippen LogP contribution in [0.1, 0.15) is 12.7 Å². The van der Waals surface area contributed by atoms with Gasteiger partial charge < -0.3 is 10.5 Å². The van der Waals surface area contributed by atoms with Gasteiger partial charge in [0.2, 0.25) is 0 Å². The molecule has 74 valence electrons. The zero-order valence-electron chi connectivity index (χ0n) is 8.19. The van der Waals surface area contributed by atoms with Gasteiger partial charge >= 0.3 is 0 Å². The number of nitrogens with two attached hydrogens (primary N) is 1. The highest BCUT2D eigenvalue weighted by molar-refractivity contribution is 5.58. The second-order valence-electron chi connectivity index (χ2n) is 2.99. The van der Waals surface area contributed by atoms with Gasteiger partial charge in [0.25, 0.3) is 0 Å². The van der Waals surface area contributed by atoms with E-state index in [4.69, 9.17) is 10.5 Å². The van der Waals surface area contributed by atoms with Crippen molar-refractivity contribution in [3.63, 3.8) is 0 Å². The molecule has 2 aromatic heterocycles. The van der Waals surface area contributed by atoms with Crippen LogP contribution in [0, 0.1) is 6.92 Å². The third kappa shape index (κ3) is 1.37. The van der Waals surface area contributed by atoms with Crippen molar-refractivity contribution in [2.45, 2.75) is 13.8 Å². The first-order chi connectivity index (χ1) is 6.70. The Morgan fingerprint density at radius 3 is 3.07 bits per heavy atom. The molecule has 0 spiro atoms. The number of anilines is 1. The molecule has 0 fully saturated rings. The Morgan fingerprint density at radius 2 is 2.36 bits per heavy atom. The van der Waals surface area contributed by atoms with Crippen LogP contribution < -0.4 is 10.5 Å². The van der Waals surface area contributed by atoms with Crippen molar-refractivity contribution in [3.05, 3.63) is 18.1 Å². The maximum atomic E-state index is 5.77. The van der Waals surface area contributed by atoms with Gasteiger partial charge in [0.15, 0.2) is 5.65 Å². The second kappa shape index (κ2) is 3.17. The van der Waals surface area contributed by atoms with Gasteiger partial charge in [0.05, 0.1) is 18.5 Å². The number of rotatable bonds is 2. The third-order valence-corrected chi connectivity index (χ3v) is 1.87. The molecule has 14 heavy (non-hydrogen) atoms. The lowest BCUT2D eigenvalue weighted by atomic mass is 10.4. The topological polar surface area (TPSA) is 65.4 Å². The highest BCUT2D eigenvalue weighted by atomic mass is 16.5. The van der Waals surface area contributed by atoms with Crippen LogP contribution in [-0.4, -0.2) is 21.2 Å². The monoisotopic (exact) mass is 192 g/mol. The van der Waals surface area contributed by atoms with Gasteiger partial charge in [-0.05, 0) is 13.8 Å². The lowest BCUT2D eigenvalue weighted by Gasteiger charge is -2.05. The molecule has 0 aromatic carbocycles. The fourth-order valence-corrected chi connectivity index (χ4v) is 1.32. The summed E-state index contributed by atoms with van der Waals surface area (Å²) in [5, 5.41) is 4.15. The van der Waals surface area contributed by atoms with E-state index in [9.17, 15) is 0 Å². The Balaban J connectivity index is 2.58. The first-order valence-electron chi connectivity index (χ1n) is 4.46. The Kier molecular flexibility index (Phi) is 1.99. The van der Waals surface area contributed by atoms with Crippen LogP contribution in [-0.2, 0) is 0 Å². The Labute approximate surface area is 81.5 Å². The maximum Gasteiger partial charge on any atom is 0.159 e. The molecule has 2 N–H and O–H groups in total. The summed E-state index contributed by atoms with van der Waals surface area (Å²) in [4.78, 5) is 4.21. The molecule has 0 saturated heterocycles. The van der Waals surface area contributed by atoms with Crippen LogP contribution in [0.25, 0.3) is 5.65 Å². The van der Waals surface area contributed by atoms with Crippen molar-refractivity contribution in [1.82, 2.24) is 14.6 Å². The number of nitrogens with zero attached hydrogens (tertiary/aromatic N) is 3. The van der Waals surface area contributed by atoms with Crippen molar-refractivity contribution in [1.29, 1.82) is 0 Å². The number of aryl methyl sites for hydroxylation is 1. The van der Waals surface area contributed by atoms with E-state index in [0.29, 0.717) is 18.0 Å². The predicted molar refractivity (Wildman–Crippen MR) is 53.3 cm³/mol. The SMILES string of the molecule is CCOc1cc2nc(C)nn2cc1N. The number of pyridine rings is 1. The third-order valence-electron chi connectivity index (χ3n) is 1.87. The maximum absolute atomic E-state index is 5.77. The van der Waals surface area contributed by atoms with E-state index in [-0.39, 0.29) is 0 Å². The molecule has 5 nitrogen and oxygen atoms in total. The van der Waals surface area contributed by atoms with Crippen LogP contribution in [0.5, 0.6) is 5.75 Å². The molecule has 5 heteroatoms. The summed E-state index contributed by atoms with van der Waals surface area (Å²) >= 11 is 0. The molecule has 2 rings (SSSR count). The lowest BCUT2D eigenvalue weighted by molar-refractivity contribution is 0.342. The van der Waals surface area contributed by atoms with Crippen LogP contribution in [0.4, 0.5) is 5.69 Å². The smallest absolute Gasteiger partial charge is 0.159 e. The molecule has 0 amide bonds. The highest BCUT2D eigenvalue weighted by Gasteiger charge is 2.05. The van der Waals surface area contributed by atoms with Gasteiger partial charge in [0, 0.05) is 6.07 Å². The summed E-state index contributed by atoms with van der Waals surface area (Å²) in [6.07, 6.45) is 1.71. The molecule has 2 aromatic rings. The van der Waals surface area contributed by atoms with E-state index < -0.39 is 0 Å². The Morgan fingerprint density at radius 1 is 1.57 bits per heavy atom. The molecule has 0 radical (unpaired) electrons. The summed E-state index contributed by atoms with van der Waals surface area (Å²) in [5.74, 6) is 1.38. The molecule has 0 unspecified atom stereocenters. The minimum Gasteiger partial charge on any atom is -0.492 e.